The van der Waals surface area contributed by atoms with E-state index in [0.717, 1.165) is 29.7 Å². The van der Waals surface area contributed by atoms with Crippen LogP contribution in [-0.4, -0.2) is 39.4 Å². The summed E-state index contributed by atoms with van der Waals surface area (Å²) in [5.74, 6) is 2.74. The number of ether oxygens (including phenoxy) is 2. The first kappa shape index (κ1) is 19.6. The van der Waals surface area contributed by atoms with E-state index in [1.165, 1.54) is 31.2 Å². The van der Waals surface area contributed by atoms with Crippen molar-refractivity contribution < 1.29 is 9.47 Å². The summed E-state index contributed by atoms with van der Waals surface area (Å²) in [6, 6.07) is 6.30. The van der Waals surface area contributed by atoms with Gasteiger partial charge in [0.1, 0.15) is 12.4 Å². The second-order valence-electron chi connectivity index (χ2n) is 6.59. The van der Waals surface area contributed by atoms with Gasteiger partial charge in [-0.25, -0.2) is 0 Å². The van der Waals surface area contributed by atoms with Gasteiger partial charge < -0.3 is 20.1 Å². The van der Waals surface area contributed by atoms with Crippen LogP contribution in [0.2, 0.25) is 0 Å². The summed E-state index contributed by atoms with van der Waals surface area (Å²) >= 11 is 0. The molecule has 0 saturated heterocycles. The molecule has 1 saturated carbocycles. The van der Waals surface area contributed by atoms with Gasteiger partial charge in [-0.1, -0.05) is 25.0 Å². The average Bonchev–Trinajstić information content (AvgIpc) is 3.44. The minimum atomic E-state index is 0.568. The average molecular weight is 348 g/mol. The maximum absolute atomic E-state index is 5.89. The SMILES string of the molecule is CCOCCOc1cc(C)ccc1CNC(=NC)NCCCC1CC1. The standard InChI is InChI=1S/C20H33N3O2/c1-4-24-12-13-25-19-14-16(2)7-10-18(19)15-23-20(21-3)22-11-5-6-17-8-9-17/h7,10,14,17H,4-6,8-9,11-13,15H2,1-3H3,(H2,21,22,23). The molecule has 25 heavy (non-hydrogen) atoms. The largest absolute Gasteiger partial charge is 0.491 e. The Morgan fingerprint density at radius 2 is 2.08 bits per heavy atom. The zero-order chi connectivity index (χ0) is 17.9. The van der Waals surface area contributed by atoms with E-state index in [-0.39, 0.29) is 0 Å². The number of hydrogen-bond donors (Lipinski definition) is 2. The Kier molecular flexibility index (Phi) is 8.60. The second-order valence-corrected chi connectivity index (χ2v) is 6.59. The number of rotatable bonds is 11. The maximum atomic E-state index is 5.89. The molecule has 0 heterocycles. The lowest BCUT2D eigenvalue weighted by Crippen LogP contribution is -2.37. The minimum absolute atomic E-state index is 0.568. The third-order valence-corrected chi connectivity index (χ3v) is 4.36. The molecular formula is C20H33N3O2. The number of aryl methyl sites for hydroxylation is 1. The Bertz CT molecular complexity index is 542. The molecule has 1 aromatic carbocycles. The van der Waals surface area contributed by atoms with Gasteiger partial charge >= 0.3 is 0 Å². The van der Waals surface area contributed by atoms with E-state index in [0.29, 0.717) is 26.4 Å². The Morgan fingerprint density at radius 3 is 2.80 bits per heavy atom. The molecule has 0 aliphatic heterocycles. The van der Waals surface area contributed by atoms with E-state index in [4.69, 9.17) is 9.47 Å². The van der Waals surface area contributed by atoms with Gasteiger partial charge in [0.2, 0.25) is 0 Å². The molecule has 0 atom stereocenters. The van der Waals surface area contributed by atoms with Gasteiger partial charge in [-0.2, -0.15) is 0 Å². The molecule has 140 valence electrons. The lowest BCUT2D eigenvalue weighted by Gasteiger charge is -2.15. The van der Waals surface area contributed by atoms with Gasteiger partial charge in [0.25, 0.3) is 0 Å². The van der Waals surface area contributed by atoms with Crippen molar-refractivity contribution in [2.45, 2.75) is 46.1 Å². The molecule has 0 radical (unpaired) electrons. The third-order valence-electron chi connectivity index (χ3n) is 4.36. The molecule has 2 N–H and O–H groups in total. The maximum Gasteiger partial charge on any atom is 0.191 e. The molecule has 0 amide bonds. The number of benzene rings is 1. The predicted octanol–water partition coefficient (Wildman–Crippen LogP) is 3.27. The minimum Gasteiger partial charge on any atom is -0.491 e. The molecule has 0 unspecified atom stereocenters. The van der Waals surface area contributed by atoms with Gasteiger partial charge in [0.05, 0.1) is 6.61 Å². The molecule has 1 fully saturated rings. The molecule has 5 nitrogen and oxygen atoms in total. The highest BCUT2D eigenvalue weighted by molar-refractivity contribution is 5.79. The van der Waals surface area contributed by atoms with Crippen molar-refractivity contribution in [3.05, 3.63) is 29.3 Å². The van der Waals surface area contributed by atoms with Gasteiger partial charge in [0.15, 0.2) is 5.96 Å². The molecule has 0 spiro atoms. The summed E-state index contributed by atoms with van der Waals surface area (Å²) < 4.78 is 11.2. The van der Waals surface area contributed by atoms with Crippen molar-refractivity contribution in [2.75, 3.05) is 33.4 Å². The van der Waals surface area contributed by atoms with Crippen molar-refractivity contribution in [3.63, 3.8) is 0 Å². The van der Waals surface area contributed by atoms with Crippen LogP contribution in [0.25, 0.3) is 0 Å². The first-order valence-corrected chi connectivity index (χ1v) is 9.47. The summed E-state index contributed by atoms with van der Waals surface area (Å²) in [6.07, 6.45) is 5.39. The Hall–Kier alpha value is -1.75. The van der Waals surface area contributed by atoms with Crippen LogP contribution in [0.3, 0.4) is 0 Å². The second kappa shape index (κ2) is 11.0. The van der Waals surface area contributed by atoms with Crippen LogP contribution < -0.4 is 15.4 Å². The van der Waals surface area contributed by atoms with E-state index in [9.17, 15) is 0 Å². The molecule has 1 aliphatic carbocycles. The van der Waals surface area contributed by atoms with Gasteiger partial charge in [-0.15, -0.1) is 0 Å². The number of nitrogens with one attached hydrogen (secondary N) is 2. The topological polar surface area (TPSA) is 54.9 Å². The van der Waals surface area contributed by atoms with Crippen molar-refractivity contribution in [3.8, 4) is 5.75 Å². The van der Waals surface area contributed by atoms with Crippen LogP contribution in [-0.2, 0) is 11.3 Å². The summed E-state index contributed by atoms with van der Waals surface area (Å²) in [6.45, 7) is 7.63. The van der Waals surface area contributed by atoms with Crippen molar-refractivity contribution in [1.29, 1.82) is 0 Å². The molecule has 0 bridgehead atoms. The fourth-order valence-corrected chi connectivity index (χ4v) is 2.70. The number of guanidine groups is 1. The van der Waals surface area contributed by atoms with E-state index in [1.54, 1.807) is 0 Å². The third kappa shape index (κ3) is 7.78. The van der Waals surface area contributed by atoms with E-state index < -0.39 is 0 Å². The fourth-order valence-electron chi connectivity index (χ4n) is 2.70. The van der Waals surface area contributed by atoms with E-state index >= 15 is 0 Å². The van der Waals surface area contributed by atoms with Crippen LogP contribution in [0.4, 0.5) is 0 Å². The smallest absolute Gasteiger partial charge is 0.191 e. The number of aliphatic imine (C=N–C) groups is 1. The zero-order valence-corrected chi connectivity index (χ0v) is 15.9. The lowest BCUT2D eigenvalue weighted by molar-refractivity contribution is 0.110. The highest BCUT2D eigenvalue weighted by atomic mass is 16.5. The zero-order valence-electron chi connectivity index (χ0n) is 15.9. The lowest BCUT2D eigenvalue weighted by atomic mass is 10.1. The monoisotopic (exact) mass is 347 g/mol. The highest BCUT2D eigenvalue weighted by Crippen LogP contribution is 2.33. The number of nitrogens with zero attached hydrogens (tertiary/aromatic N) is 1. The Balaban J connectivity index is 1.78. The van der Waals surface area contributed by atoms with Crippen LogP contribution in [0.15, 0.2) is 23.2 Å². The summed E-state index contributed by atoms with van der Waals surface area (Å²) in [7, 11) is 1.81. The highest BCUT2D eigenvalue weighted by Gasteiger charge is 2.19. The summed E-state index contributed by atoms with van der Waals surface area (Å²) in [4.78, 5) is 4.30. The molecular weight excluding hydrogens is 314 g/mol. The van der Waals surface area contributed by atoms with E-state index in [1.807, 2.05) is 14.0 Å². The normalized spacial score (nSPS) is 14.4. The van der Waals surface area contributed by atoms with Crippen LogP contribution in [0.5, 0.6) is 5.75 Å². The predicted molar refractivity (Wildman–Crippen MR) is 103 cm³/mol. The van der Waals surface area contributed by atoms with Crippen LogP contribution in [0.1, 0.15) is 43.7 Å². The van der Waals surface area contributed by atoms with E-state index in [2.05, 4.69) is 40.7 Å². The molecule has 0 aromatic heterocycles. The summed E-state index contributed by atoms with van der Waals surface area (Å²) in [5, 5.41) is 6.77. The van der Waals surface area contributed by atoms with Crippen LogP contribution in [0, 0.1) is 12.8 Å². The Labute approximate surface area is 152 Å². The first-order chi connectivity index (χ1) is 12.2. The molecule has 1 aromatic rings. The molecule has 1 aliphatic rings. The fraction of sp³-hybridized carbons (Fsp3) is 0.650. The molecule has 5 heteroatoms. The number of hydrogen-bond acceptors (Lipinski definition) is 3. The van der Waals surface area contributed by atoms with Crippen LogP contribution >= 0.6 is 0 Å². The van der Waals surface area contributed by atoms with Crippen molar-refractivity contribution >= 4 is 5.96 Å². The van der Waals surface area contributed by atoms with Crippen molar-refractivity contribution in [1.82, 2.24) is 10.6 Å². The van der Waals surface area contributed by atoms with Gasteiger partial charge in [0, 0.05) is 32.3 Å². The quantitative estimate of drug-likeness (QED) is 0.366. The van der Waals surface area contributed by atoms with Gasteiger partial charge in [-0.3, -0.25) is 4.99 Å². The summed E-state index contributed by atoms with van der Waals surface area (Å²) in [5.41, 5.74) is 2.32. The van der Waals surface area contributed by atoms with Gasteiger partial charge in [-0.05, 0) is 44.2 Å². The Morgan fingerprint density at radius 1 is 1.24 bits per heavy atom. The first-order valence-electron chi connectivity index (χ1n) is 9.47. The molecule has 2 rings (SSSR count). The van der Waals surface area contributed by atoms with Crippen molar-refractivity contribution in [2.24, 2.45) is 10.9 Å².